The van der Waals surface area contributed by atoms with Crippen LogP contribution in [-0.2, 0) is 22.9 Å². The molecule has 1 amide bonds. The Kier molecular flexibility index (Phi) is 6.90. The van der Waals surface area contributed by atoms with Gasteiger partial charge in [-0.15, -0.1) is 0 Å². The van der Waals surface area contributed by atoms with E-state index in [-0.39, 0.29) is 29.7 Å². The van der Waals surface area contributed by atoms with Crippen LogP contribution in [0.5, 0.6) is 0 Å². The van der Waals surface area contributed by atoms with Crippen LogP contribution in [0, 0.1) is 5.41 Å². The average Bonchev–Trinajstić information content (AvgIpc) is 3.43. The van der Waals surface area contributed by atoms with E-state index in [2.05, 4.69) is 39.2 Å². The summed E-state index contributed by atoms with van der Waals surface area (Å²) in [4.78, 5) is 13.0. The molecule has 0 saturated heterocycles. The maximum absolute atomic E-state index is 13.0. The maximum Gasteiger partial charge on any atom is 0.276 e. The topological polar surface area (TPSA) is 122 Å². The number of rotatable bonds is 9. The largest absolute Gasteiger partial charge is 0.318 e. The third kappa shape index (κ3) is 5.56. The van der Waals surface area contributed by atoms with Gasteiger partial charge in [0.25, 0.3) is 5.91 Å². The molecule has 2 aromatic heterocycles. The lowest BCUT2D eigenvalue weighted by molar-refractivity contribution is 0.102. The molecule has 0 saturated carbocycles. The Balaban J connectivity index is 1.49. The first-order chi connectivity index (χ1) is 16.2. The second-order valence-corrected chi connectivity index (χ2v) is 11.6. The molecule has 0 aliphatic heterocycles. The fraction of sp³-hybridized carbons (Fsp3) is 0.458. The molecule has 9 nitrogen and oxygen atoms in total. The number of hydrogen-bond acceptors (Lipinski definition) is 5. The summed E-state index contributed by atoms with van der Waals surface area (Å²) in [6.07, 6.45) is 6.60. The van der Waals surface area contributed by atoms with Gasteiger partial charge in [-0.1, -0.05) is 44.2 Å². The highest BCUT2D eigenvalue weighted by Gasteiger charge is 2.30. The van der Waals surface area contributed by atoms with Gasteiger partial charge in [0.2, 0.25) is 10.0 Å². The van der Waals surface area contributed by atoms with Crippen molar-refractivity contribution in [2.24, 2.45) is 5.41 Å². The zero-order chi connectivity index (χ0) is 24.3. The minimum Gasteiger partial charge on any atom is -0.318 e. The number of aromatic amines is 1. The van der Waals surface area contributed by atoms with Gasteiger partial charge < -0.3 is 5.32 Å². The van der Waals surface area contributed by atoms with Crippen molar-refractivity contribution in [3.63, 3.8) is 0 Å². The van der Waals surface area contributed by atoms with Crippen molar-refractivity contribution in [1.82, 2.24) is 24.7 Å². The van der Waals surface area contributed by atoms with Crippen molar-refractivity contribution < 1.29 is 13.2 Å². The number of anilines is 1. The quantitative estimate of drug-likeness (QED) is 0.430. The third-order valence-corrected chi connectivity index (χ3v) is 7.76. The minimum absolute atomic E-state index is 0.0370. The number of H-pyrrole nitrogens is 1. The van der Waals surface area contributed by atoms with Crippen LogP contribution < -0.4 is 10.0 Å². The Morgan fingerprint density at radius 2 is 2.03 bits per heavy atom. The second kappa shape index (κ2) is 9.71. The van der Waals surface area contributed by atoms with Gasteiger partial charge in [-0.25, -0.2) is 13.1 Å². The summed E-state index contributed by atoms with van der Waals surface area (Å²) in [5, 5.41) is 14.7. The van der Waals surface area contributed by atoms with Crippen LogP contribution in [0.4, 0.5) is 5.69 Å². The second-order valence-electron chi connectivity index (χ2n) is 9.55. The van der Waals surface area contributed by atoms with Crippen molar-refractivity contribution in [3.8, 4) is 0 Å². The van der Waals surface area contributed by atoms with Gasteiger partial charge >= 0.3 is 0 Å². The molecular formula is C24H32N6O3S. The number of sulfonamides is 1. The molecule has 182 valence electrons. The van der Waals surface area contributed by atoms with Crippen molar-refractivity contribution in [2.75, 3.05) is 17.6 Å². The van der Waals surface area contributed by atoms with Crippen LogP contribution in [0.3, 0.4) is 0 Å². The molecule has 2 heterocycles. The van der Waals surface area contributed by atoms with E-state index in [0.717, 1.165) is 36.1 Å². The molecule has 0 fully saturated rings. The Morgan fingerprint density at radius 3 is 2.76 bits per heavy atom. The highest BCUT2D eigenvalue weighted by atomic mass is 32.2. The van der Waals surface area contributed by atoms with Crippen LogP contribution >= 0.6 is 0 Å². The number of hydrogen-bond donors (Lipinski definition) is 3. The van der Waals surface area contributed by atoms with Crippen LogP contribution in [0.15, 0.2) is 42.7 Å². The van der Waals surface area contributed by atoms with Gasteiger partial charge in [0, 0.05) is 24.0 Å². The Hall–Kier alpha value is -2.98. The highest BCUT2D eigenvalue weighted by molar-refractivity contribution is 7.89. The monoisotopic (exact) mass is 484 g/mol. The molecule has 0 radical (unpaired) electrons. The van der Waals surface area contributed by atoms with Gasteiger partial charge in [0.1, 0.15) is 0 Å². The molecule has 1 atom stereocenters. The predicted molar refractivity (Wildman–Crippen MR) is 131 cm³/mol. The van der Waals surface area contributed by atoms with E-state index < -0.39 is 10.0 Å². The number of carbonyl (C=O) groups is 1. The van der Waals surface area contributed by atoms with Gasteiger partial charge in [-0.3, -0.25) is 14.6 Å². The zero-order valence-electron chi connectivity index (χ0n) is 19.8. The fourth-order valence-electron chi connectivity index (χ4n) is 4.38. The summed E-state index contributed by atoms with van der Waals surface area (Å²) in [6, 6.07) is 9.58. The van der Waals surface area contributed by atoms with E-state index in [0.29, 0.717) is 17.8 Å². The molecule has 0 spiro atoms. The van der Waals surface area contributed by atoms with Crippen LogP contribution in [0.1, 0.15) is 67.0 Å². The molecule has 10 heteroatoms. The molecule has 3 N–H and O–H groups in total. The first-order valence-electron chi connectivity index (χ1n) is 11.6. The van der Waals surface area contributed by atoms with Crippen LogP contribution in [-0.4, -0.2) is 46.6 Å². The lowest BCUT2D eigenvalue weighted by Gasteiger charge is -2.28. The molecule has 1 aliphatic rings. The SMILES string of the molecule is CCS(=O)(=O)NCCC(c1ccccc1)n1cc(NC(=O)c2n[nH]c3c2CCC(C)(C)C3)cn1. The number of nitrogens with zero attached hydrogens (tertiary/aromatic N) is 3. The van der Waals surface area contributed by atoms with Crippen molar-refractivity contribution in [3.05, 3.63) is 65.2 Å². The molecular weight excluding hydrogens is 452 g/mol. The zero-order valence-corrected chi connectivity index (χ0v) is 20.7. The number of carbonyl (C=O) groups excluding carboxylic acids is 1. The first kappa shape index (κ1) is 24.2. The summed E-state index contributed by atoms with van der Waals surface area (Å²) in [6.45, 7) is 6.34. The van der Waals surface area contributed by atoms with Crippen LogP contribution in [0.25, 0.3) is 0 Å². The molecule has 1 aromatic carbocycles. The number of benzene rings is 1. The van der Waals surface area contributed by atoms with Gasteiger partial charge in [0.15, 0.2) is 5.69 Å². The lowest BCUT2D eigenvalue weighted by atomic mass is 9.76. The van der Waals surface area contributed by atoms with E-state index in [4.69, 9.17) is 0 Å². The van der Waals surface area contributed by atoms with E-state index in [1.54, 1.807) is 24.0 Å². The average molecular weight is 485 g/mol. The molecule has 3 aromatic rings. The molecule has 1 unspecified atom stereocenters. The summed E-state index contributed by atoms with van der Waals surface area (Å²) in [5.41, 5.74) is 4.24. The Morgan fingerprint density at radius 1 is 1.26 bits per heavy atom. The van der Waals surface area contributed by atoms with Crippen molar-refractivity contribution in [2.45, 2.75) is 52.5 Å². The number of nitrogens with one attached hydrogen (secondary N) is 3. The summed E-state index contributed by atoms with van der Waals surface area (Å²) in [5.74, 6) is -0.223. The number of amides is 1. The van der Waals surface area contributed by atoms with E-state index in [1.807, 2.05) is 30.3 Å². The van der Waals surface area contributed by atoms with E-state index in [9.17, 15) is 13.2 Å². The standard InChI is InChI=1S/C24H32N6O3S/c1-4-34(32,33)26-13-11-21(17-8-6-5-7-9-17)30-16-18(15-25-30)27-23(31)22-19-10-12-24(2,3)14-20(19)28-29-22/h5-9,15-16,21,26H,4,10-14H2,1-3H3,(H,27,31)(H,28,29). The van der Waals surface area contributed by atoms with Crippen molar-refractivity contribution >= 4 is 21.6 Å². The molecule has 4 rings (SSSR count). The van der Waals surface area contributed by atoms with E-state index >= 15 is 0 Å². The third-order valence-electron chi connectivity index (χ3n) is 6.36. The fourth-order valence-corrected chi connectivity index (χ4v) is 5.01. The minimum atomic E-state index is -3.28. The smallest absolute Gasteiger partial charge is 0.276 e. The highest BCUT2D eigenvalue weighted by Crippen LogP contribution is 2.35. The summed E-state index contributed by atoms with van der Waals surface area (Å²) in [7, 11) is -3.28. The first-order valence-corrected chi connectivity index (χ1v) is 13.3. The van der Waals surface area contributed by atoms with Crippen molar-refractivity contribution in [1.29, 1.82) is 0 Å². The summed E-state index contributed by atoms with van der Waals surface area (Å²) >= 11 is 0. The predicted octanol–water partition coefficient (Wildman–Crippen LogP) is 3.29. The molecule has 1 aliphatic carbocycles. The number of aromatic nitrogens is 4. The number of fused-ring (bicyclic) bond motifs is 1. The van der Waals surface area contributed by atoms with Gasteiger partial charge in [0.05, 0.1) is 23.7 Å². The van der Waals surface area contributed by atoms with Gasteiger partial charge in [-0.05, 0) is 43.6 Å². The lowest BCUT2D eigenvalue weighted by Crippen LogP contribution is -2.28. The molecule has 34 heavy (non-hydrogen) atoms. The normalized spacial score (nSPS) is 16.1. The van der Waals surface area contributed by atoms with E-state index in [1.165, 1.54) is 0 Å². The van der Waals surface area contributed by atoms with Crippen LogP contribution in [0.2, 0.25) is 0 Å². The summed E-state index contributed by atoms with van der Waals surface area (Å²) < 4.78 is 28.1. The maximum atomic E-state index is 13.0. The molecule has 0 bridgehead atoms. The Bertz CT molecular complexity index is 1250. The van der Waals surface area contributed by atoms with Gasteiger partial charge in [-0.2, -0.15) is 10.2 Å². The Labute approximate surface area is 200 Å².